The number of fused-ring (bicyclic) bond motifs is 1. The summed E-state index contributed by atoms with van der Waals surface area (Å²) < 4.78 is 2.39. The van der Waals surface area contributed by atoms with Crippen LogP contribution in [0.5, 0.6) is 0 Å². The van der Waals surface area contributed by atoms with Crippen LogP contribution in [-0.2, 0) is 18.9 Å². The first-order chi connectivity index (χ1) is 9.50. The highest BCUT2D eigenvalue weighted by Gasteiger charge is 2.32. The van der Waals surface area contributed by atoms with Gasteiger partial charge >= 0.3 is 5.69 Å². The minimum absolute atomic E-state index is 0.183. The van der Waals surface area contributed by atoms with Gasteiger partial charge in [-0.2, -0.15) is 11.3 Å². The molecule has 1 atom stereocenters. The predicted octanol–water partition coefficient (Wildman–Crippen LogP) is 0.620. The summed E-state index contributed by atoms with van der Waals surface area (Å²) in [7, 11) is 3.00. The molecule has 0 bridgehead atoms. The second-order valence-electron chi connectivity index (χ2n) is 4.83. The van der Waals surface area contributed by atoms with Gasteiger partial charge in [-0.1, -0.05) is 0 Å². The summed E-state index contributed by atoms with van der Waals surface area (Å²) in [4.78, 5) is 36.2. The van der Waals surface area contributed by atoms with Crippen LogP contribution in [0.3, 0.4) is 0 Å². The van der Waals surface area contributed by atoms with Crippen LogP contribution < -0.4 is 16.6 Å². The van der Waals surface area contributed by atoms with Crippen molar-refractivity contribution in [1.82, 2.24) is 9.13 Å². The standard InChI is InChI=1S/C13H13N3O3S/c1-15-11-10(12(18)16(2)13(15)19)8(5-9(17)14-11)7-3-4-20-6-7/h3-4,6,8H,5H2,1-2H3,(H,14,17). The molecular weight excluding hydrogens is 278 g/mol. The molecule has 0 aromatic carbocycles. The van der Waals surface area contributed by atoms with Crippen LogP contribution in [-0.4, -0.2) is 15.0 Å². The summed E-state index contributed by atoms with van der Waals surface area (Å²) in [5, 5.41) is 6.48. The Morgan fingerprint density at radius 2 is 2.00 bits per heavy atom. The summed E-state index contributed by atoms with van der Waals surface area (Å²) in [6.45, 7) is 0. The molecule has 0 saturated heterocycles. The molecule has 1 amide bonds. The minimum Gasteiger partial charge on any atom is -0.312 e. The molecule has 1 aliphatic heterocycles. The van der Waals surface area contributed by atoms with E-state index in [0.29, 0.717) is 11.4 Å². The molecule has 3 heterocycles. The Hall–Kier alpha value is -2.15. The molecule has 2 aromatic heterocycles. The van der Waals surface area contributed by atoms with Crippen molar-refractivity contribution in [1.29, 1.82) is 0 Å². The quantitative estimate of drug-likeness (QED) is 0.837. The first kappa shape index (κ1) is 12.9. The third-order valence-corrected chi connectivity index (χ3v) is 4.34. The molecule has 104 valence electrons. The van der Waals surface area contributed by atoms with Crippen molar-refractivity contribution in [3.63, 3.8) is 0 Å². The second kappa shape index (κ2) is 4.45. The fourth-order valence-corrected chi connectivity index (χ4v) is 3.28. The van der Waals surface area contributed by atoms with Crippen LogP contribution in [0.25, 0.3) is 0 Å². The van der Waals surface area contributed by atoms with Gasteiger partial charge in [0, 0.05) is 26.4 Å². The zero-order chi connectivity index (χ0) is 14.4. The average molecular weight is 291 g/mol. The number of nitrogens with one attached hydrogen (secondary N) is 1. The summed E-state index contributed by atoms with van der Waals surface area (Å²) in [5.41, 5.74) is 0.619. The zero-order valence-corrected chi connectivity index (χ0v) is 11.9. The van der Waals surface area contributed by atoms with Gasteiger partial charge in [-0.3, -0.25) is 18.7 Å². The lowest BCUT2D eigenvalue weighted by atomic mass is 9.88. The normalized spacial score (nSPS) is 17.7. The van der Waals surface area contributed by atoms with E-state index >= 15 is 0 Å². The monoisotopic (exact) mass is 291 g/mol. The minimum atomic E-state index is -0.444. The van der Waals surface area contributed by atoms with E-state index < -0.39 is 5.69 Å². The van der Waals surface area contributed by atoms with E-state index in [0.717, 1.165) is 10.1 Å². The van der Waals surface area contributed by atoms with Crippen LogP contribution in [0.4, 0.5) is 5.82 Å². The van der Waals surface area contributed by atoms with Crippen LogP contribution in [0.15, 0.2) is 26.4 Å². The van der Waals surface area contributed by atoms with Crippen LogP contribution in [0.2, 0.25) is 0 Å². The Morgan fingerprint density at radius 1 is 1.25 bits per heavy atom. The van der Waals surface area contributed by atoms with Crippen molar-refractivity contribution in [2.24, 2.45) is 14.1 Å². The highest BCUT2D eigenvalue weighted by atomic mass is 32.1. The fraction of sp³-hybridized carbons (Fsp3) is 0.308. The largest absolute Gasteiger partial charge is 0.332 e. The van der Waals surface area contributed by atoms with Gasteiger partial charge in [-0.15, -0.1) is 0 Å². The molecule has 6 nitrogen and oxygen atoms in total. The van der Waals surface area contributed by atoms with Gasteiger partial charge in [0.25, 0.3) is 5.56 Å². The van der Waals surface area contributed by atoms with Gasteiger partial charge in [-0.25, -0.2) is 4.79 Å². The molecular formula is C13H13N3O3S. The maximum absolute atomic E-state index is 12.4. The maximum atomic E-state index is 12.4. The number of nitrogens with zero attached hydrogens (tertiary/aromatic N) is 2. The van der Waals surface area contributed by atoms with Gasteiger partial charge in [0.2, 0.25) is 5.91 Å². The van der Waals surface area contributed by atoms with Crippen molar-refractivity contribution in [3.05, 3.63) is 48.8 Å². The number of carbonyl (C=O) groups excluding carboxylic acids is 1. The Balaban J connectivity index is 2.35. The van der Waals surface area contributed by atoms with Gasteiger partial charge in [0.15, 0.2) is 0 Å². The number of amides is 1. The van der Waals surface area contributed by atoms with Crippen LogP contribution in [0.1, 0.15) is 23.5 Å². The van der Waals surface area contributed by atoms with Gasteiger partial charge in [0.1, 0.15) is 5.82 Å². The first-order valence-electron chi connectivity index (χ1n) is 6.12. The summed E-state index contributed by atoms with van der Waals surface area (Å²) in [5.74, 6) is -0.169. The molecule has 0 aliphatic carbocycles. The Bertz CT molecular complexity index is 801. The van der Waals surface area contributed by atoms with Crippen molar-refractivity contribution >= 4 is 23.1 Å². The molecule has 1 aliphatic rings. The molecule has 3 rings (SSSR count). The van der Waals surface area contributed by atoms with Gasteiger partial charge < -0.3 is 5.32 Å². The van der Waals surface area contributed by atoms with E-state index in [1.807, 2.05) is 16.8 Å². The third-order valence-electron chi connectivity index (χ3n) is 3.64. The van der Waals surface area contributed by atoms with E-state index in [1.54, 1.807) is 7.05 Å². The lowest BCUT2D eigenvalue weighted by Gasteiger charge is -2.26. The number of anilines is 1. The fourth-order valence-electron chi connectivity index (χ4n) is 2.56. The number of hydrogen-bond acceptors (Lipinski definition) is 4. The van der Waals surface area contributed by atoms with E-state index in [1.165, 1.54) is 23.0 Å². The SMILES string of the molecule is Cn1c2c(c(=O)n(C)c1=O)C(c1ccsc1)CC(=O)N2. The summed E-state index contributed by atoms with van der Waals surface area (Å²) in [6, 6.07) is 1.91. The van der Waals surface area contributed by atoms with E-state index in [-0.39, 0.29) is 23.8 Å². The molecule has 0 radical (unpaired) electrons. The van der Waals surface area contributed by atoms with E-state index in [4.69, 9.17) is 0 Å². The molecule has 1 unspecified atom stereocenters. The molecule has 0 fully saturated rings. The summed E-state index contributed by atoms with van der Waals surface area (Å²) in [6.07, 6.45) is 0.219. The van der Waals surface area contributed by atoms with E-state index in [9.17, 15) is 14.4 Å². The van der Waals surface area contributed by atoms with Crippen LogP contribution >= 0.6 is 11.3 Å². The lowest BCUT2D eigenvalue weighted by Crippen LogP contribution is -2.44. The van der Waals surface area contributed by atoms with Crippen molar-refractivity contribution < 1.29 is 4.79 Å². The number of aromatic nitrogens is 2. The Labute approximate surface area is 118 Å². The van der Waals surface area contributed by atoms with Crippen LogP contribution in [0, 0.1) is 0 Å². The van der Waals surface area contributed by atoms with Gasteiger partial charge in [0.05, 0.1) is 5.56 Å². The number of carbonyl (C=O) groups is 1. The molecule has 0 saturated carbocycles. The molecule has 0 spiro atoms. The number of rotatable bonds is 1. The predicted molar refractivity (Wildman–Crippen MR) is 76.3 cm³/mol. The zero-order valence-electron chi connectivity index (χ0n) is 11.0. The third kappa shape index (κ3) is 1.74. The highest BCUT2D eigenvalue weighted by molar-refractivity contribution is 7.08. The summed E-state index contributed by atoms with van der Waals surface area (Å²) >= 11 is 1.52. The van der Waals surface area contributed by atoms with Crippen molar-refractivity contribution in [2.75, 3.05) is 5.32 Å². The molecule has 20 heavy (non-hydrogen) atoms. The number of thiophene rings is 1. The Morgan fingerprint density at radius 3 is 2.65 bits per heavy atom. The Kier molecular flexibility index (Phi) is 2.86. The van der Waals surface area contributed by atoms with Crippen molar-refractivity contribution in [3.8, 4) is 0 Å². The van der Waals surface area contributed by atoms with Gasteiger partial charge in [-0.05, 0) is 22.4 Å². The molecule has 7 heteroatoms. The van der Waals surface area contributed by atoms with Crippen molar-refractivity contribution in [2.45, 2.75) is 12.3 Å². The topological polar surface area (TPSA) is 73.1 Å². The first-order valence-corrected chi connectivity index (χ1v) is 7.07. The smallest absolute Gasteiger partial charge is 0.312 e. The second-order valence-corrected chi connectivity index (χ2v) is 5.61. The molecule has 2 aromatic rings. The number of hydrogen-bond donors (Lipinski definition) is 1. The molecule has 1 N–H and O–H groups in total. The highest BCUT2D eigenvalue weighted by Crippen LogP contribution is 2.34. The lowest BCUT2D eigenvalue weighted by molar-refractivity contribution is -0.116. The maximum Gasteiger partial charge on any atom is 0.332 e. The van der Waals surface area contributed by atoms with E-state index in [2.05, 4.69) is 5.32 Å². The average Bonchev–Trinajstić information content (AvgIpc) is 2.95.